The van der Waals surface area contributed by atoms with E-state index in [1.165, 1.54) is 19.1 Å². The number of rotatable bonds is 2. The van der Waals surface area contributed by atoms with Crippen LogP contribution in [0.25, 0.3) is 11.1 Å². The normalized spacial score (nSPS) is 10.3. The quantitative estimate of drug-likeness (QED) is 0.710. The number of carbonyl (C=O) groups is 1. The van der Waals surface area contributed by atoms with Crippen LogP contribution in [-0.4, -0.2) is 5.78 Å². The molecule has 0 radical (unpaired) electrons. The highest BCUT2D eigenvalue weighted by Gasteiger charge is 2.05. The largest absolute Gasteiger partial charge is 0.295 e. The van der Waals surface area contributed by atoms with E-state index >= 15 is 0 Å². The molecule has 2 rings (SSSR count). The van der Waals surface area contributed by atoms with E-state index in [-0.39, 0.29) is 11.6 Å². The molecule has 0 unspecified atom stereocenters. The fourth-order valence-electron chi connectivity index (χ4n) is 1.86. The van der Waals surface area contributed by atoms with E-state index < -0.39 is 0 Å². The van der Waals surface area contributed by atoms with Gasteiger partial charge in [-0.2, -0.15) is 0 Å². The van der Waals surface area contributed by atoms with Crippen molar-refractivity contribution in [3.8, 4) is 11.1 Å². The summed E-state index contributed by atoms with van der Waals surface area (Å²) in [5.41, 5.74) is 3.43. The van der Waals surface area contributed by atoms with Gasteiger partial charge in [0.1, 0.15) is 5.82 Å². The van der Waals surface area contributed by atoms with E-state index in [9.17, 15) is 9.18 Å². The lowest BCUT2D eigenvalue weighted by Gasteiger charge is -2.07. The Balaban J connectivity index is 2.53. The molecule has 0 saturated carbocycles. The molecule has 0 bridgehead atoms. The summed E-state index contributed by atoms with van der Waals surface area (Å²) >= 11 is 0. The summed E-state index contributed by atoms with van der Waals surface area (Å²) in [5, 5.41) is 0. The third-order valence-corrected chi connectivity index (χ3v) is 2.77. The van der Waals surface area contributed by atoms with Crippen molar-refractivity contribution in [2.45, 2.75) is 13.8 Å². The van der Waals surface area contributed by atoms with Crippen LogP contribution in [-0.2, 0) is 0 Å². The van der Waals surface area contributed by atoms with Gasteiger partial charge in [0.25, 0.3) is 0 Å². The average molecular weight is 228 g/mol. The van der Waals surface area contributed by atoms with Gasteiger partial charge in [-0.3, -0.25) is 4.79 Å². The molecule has 0 amide bonds. The smallest absolute Gasteiger partial charge is 0.159 e. The third-order valence-electron chi connectivity index (χ3n) is 2.77. The minimum atomic E-state index is -0.242. The van der Waals surface area contributed by atoms with E-state index in [1.807, 2.05) is 25.1 Å². The van der Waals surface area contributed by atoms with Crippen molar-refractivity contribution < 1.29 is 9.18 Å². The van der Waals surface area contributed by atoms with Crippen LogP contribution in [0.1, 0.15) is 22.8 Å². The van der Waals surface area contributed by atoms with Gasteiger partial charge in [0.05, 0.1) is 0 Å². The minimum absolute atomic E-state index is 0.0339. The first-order valence-corrected chi connectivity index (χ1v) is 5.45. The molecule has 86 valence electrons. The monoisotopic (exact) mass is 228 g/mol. The van der Waals surface area contributed by atoms with Gasteiger partial charge in [-0.1, -0.05) is 24.3 Å². The lowest BCUT2D eigenvalue weighted by molar-refractivity contribution is 0.101. The molecule has 0 N–H and O–H groups in total. The summed E-state index contributed by atoms with van der Waals surface area (Å²) < 4.78 is 13.0. The maximum Gasteiger partial charge on any atom is 0.159 e. The third kappa shape index (κ3) is 2.41. The van der Waals surface area contributed by atoms with Gasteiger partial charge in [0, 0.05) is 5.56 Å². The van der Waals surface area contributed by atoms with Gasteiger partial charge < -0.3 is 0 Å². The van der Waals surface area contributed by atoms with Crippen LogP contribution in [0.15, 0.2) is 42.5 Å². The number of Topliss-reactive ketones (excluding diaryl/α,β-unsaturated/α-hetero) is 1. The summed E-state index contributed by atoms with van der Waals surface area (Å²) in [7, 11) is 0. The molecule has 0 heterocycles. The van der Waals surface area contributed by atoms with Crippen molar-refractivity contribution in [1.29, 1.82) is 0 Å². The van der Waals surface area contributed by atoms with Crippen LogP contribution in [0.5, 0.6) is 0 Å². The van der Waals surface area contributed by atoms with E-state index in [4.69, 9.17) is 0 Å². The first-order valence-electron chi connectivity index (χ1n) is 5.45. The minimum Gasteiger partial charge on any atom is -0.295 e. The number of benzene rings is 2. The zero-order valence-electron chi connectivity index (χ0n) is 9.83. The molecule has 2 heteroatoms. The van der Waals surface area contributed by atoms with Crippen molar-refractivity contribution in [1.82, 2.24) is 0 Å². The zero-order chi connectivity index (χ0) is 12.4. The maximum absolute atomic E-state index is 13.0. The van der Waals surface area contributed by atoms with Gasteiger partial charge in [0.2, 0.25) is 0 Å². The first kappa shape index (κ1) is 11.5. The fourth-order valence-corrected chi connectivity index (χ4v) is 1.86. The van der Waals surface area contributed by atoms with Gasteiger partial charge >= 0.3 is 0 Å². The van der Waals surface area contributed by atoms with Gasteiger partial charge in [-0.25, -0.2) is 4.39 Å². The lowest BCUT2D eigenvalue weighted by atomic mass is 9.98. The molecule has 0 saturated heterocycles. The van der Waals surface area contributed by atoms with Crippen molar-refractivity contribution in [2.24, 2.45) is 0 Å². The van der Waals surface area contributed by atoms with Crippen LogP contribution in [0.3, 0.4) is 0 Å². The lowest BCUT2D eigenvalue weighted by Crippen LogP contribution is -1.92. The van der Waals surface area contributed by atoms with Crippen LogP contribution in [0.2, 0.25) is 0 Å². The van der Waals surface area contributed by atoms with Crippen LogP contribution in [0, 0.1) is 12.7 Å². The first-order chi connectivity index (χ1) is 8.08. The maximum atomic E-state index is 13.0. The van der Waals surface area contributed by atoms with Crippen molar-refractivity contribution >= 4 is 5.78 Å². The predicted octanol–water partition coefficient (Wildman–Crippen LogP) is 4.00. The molecule has 0 aromatic heterocycles. The number of carbonyl (C=O) groups excluding carboxylic acids is 1. The van der Waals surface area contributed by atoms with Gasteiger partial charge in [-0.05, 0) is 48.7 Å². The Morgan fingerprint density at radius 2 is 1.88 bits per heavy atom. The molecule has 2 aromatic carbocycles. The second kappa shape index (κ2) is 4.50. The Bertz CT molecular complexity index is 573. The number of aryl methyl sites for hydroxylation is 1. The predicted molar refractivity (Wildman–Crippen MR) is 66.6 cm³/mol. The molecule has 0 aliphatic carbocycles. The molecule has 0 atom stereocenters. The highest BCUT2D eigenvalue weighted by Crippen LogP contribution is 2.24. The summed E-state index contributed by atoms with van der Waals surface area (Å²) in [6.07, 6.45) is 0. The van der Waals surface area contributed by atoms with Crippen LogP contribution >= 0.6 is 0 Å². The Labute approximate surface area is 99.9 Å². The molecule has 0 aliphatic rings. The topological polar surface area (TPSA) is 17.1 Å². The highest BCUT2D eigenvalue weighted by atomic mass is 19.1. The number of hydrogen-bond acceptors (Lipinski definition) is 1. The van der Waals surface area contributed by atoms with Gasteiger partial charge in [-0.15, -0.1) is 0 Å². The molecular weight excluding hydrogens is 215 g/mol. The summed E-state index contributed by atoms with van der Waals surface area (Å²) in [6, 6.07) is 12.1. The average Bonchev–Trinajstić information content (AvgIpc) is 2.29. The van der Waals surface area contributed by atoms with Crippen LogP contribution < -0.4 is 0 Å². The Hall–Kier alpha value is -1.96. The van der Waals surface area contributed by atoms with Crippen molar-refractivity contribution in [3.05, 3.63) is 59.4 Å². The van der Waals surface area contributed by atoms with Crippen molar-refractivity contribution in [2.75, 3.05) is 0 Å². The van der Waals surface area contributed by atoms with E-state index in [0.717, 1.165) is 16.7 Å². The molecule has 0 spiro atoms. The van der Waals surface area contributed by atoms with Crippen LogP contribution in [0.4, 0.5) is 4.39 Å². The molecule has 17 heavy (non-hydrogen) atoms. The fraction of sp³-hybridized carbons (Fsp3) is 0.133. The van der Waals surface area contributed by atoms with Gasteiger partial charge in [0.15, 0.2) is 5.78 Å². The highest BCUT2D eigenvalue weighted by molar-refractivity contribution is 5.95. The summed E-state index contributed by atoms with van der Waals surface area (Å²) in [4.78, 5) is 11.3. The number of halogens is 1. The van der Waals surface area contributed by atoms with Crippen molar-refractivity contribution in [3.63, 3.8) is 0 Å². The standard InChI is InChI=1S/C15H13FO/c1-10-8-14(16)6-7-15(10)13-5-3-4-12(9-13)11(2)17/h3-9H,1-2H3. The number of ketones is 1. The Kier molecular flexibility index (Phi) is 3.05. The molecule has 0 fully saturated rings. The Morgan fingerprint density at radius 3 is 2.53 bits per heavy atom. The SMILES string of the molecule is CC(=O)c1cccc(-c2ccc(F)cc2C)c1. The zero-order valence-corrected chi connectivity index (χ0v) is 9.83. The van der Waals surface area contributed by atoms with E-state index in [0.29, 0.717) is 5.56 Å². The number of hydrogen-bond donors (Lipinski definition) is 0. The molecule has 1 nitrogen and oxygen atoms in total. The van der Waals surface area contributed by atoms with E-state index in [2.05, 4.69) is 0 Å². The summed E-state index contributed by atoms with van der Waals surface area (Å²) in [6.45, 7) is 3.40. The van der Waals surface area contributed by atoms with E-state index in [1.54, 1.807) is 12.1 Å². The molecular formula is C15H13FO. The Morgan fingerprint density at radius 1 is 1.12 bits per heavy atom. The second-order valence-electron chi connectivity index (χ2n) is 4.10. The molecule has 0 aliphatic heterocycles. The second-order valence-corrected chi connectivity index (χ2v) is 4.10. The summed E-state index contributed by atoms with van der Waals surface area (Å²) in [5.74, 6) is -0.208. The molecule has 2 aromatic rings.